The van der Waals surface area contributed by atoms with Crippen LogP contribution in [0.3, 0.4) is 0 Å². The lowest BCUT2D eigenvalue weighted by Crippen LogP contribution is -2.37. The summed E-state index contributed by atoms with van der Waals surface area (Å²) < 4.78 is 1.98. The molecule has 27 heavy (non-hydrogen) atoms. The Bertz CT molecular complexity index is 740. The molecule has 148 valence electrons. The summed E-state index contributed by atoms with van der Waals surface area (Å²) in [6, 6.07) is 7.52. The second kappa shape index (κ2) is 11.5. The van der Waals surface area contributed by atoms with Gasteiger partial charge in [-0.05, 0) is 31.5 Å². The second-order valence-corrected chi connectivity index (χ2v) is 5.98. The van der Waals surface area contributed by atoms with Gasteiger partial charge in [0.05, 0.1) is 13.1 Å². The van der Waals surface area contributed by atoms with Crippen LogP contribution in [0.15, 0.2) is 35.6 Å². The molecule has 0 saturated carbocycles. The number of aliphatic imine (C=N–C) groups is 1. The van der Waals surface area contributed by atoms with Crippen LogP contribution in [0, 0.1) is 0 Å². The number of aryl methyl sites for hydroxylation is 1. The SMILES string of the molecule is CCNC(=NCc1ccc(C(=O)N(C)C)cc1)NCc1nncn1CC.I. The number of aromatic nitrogens is 3. The fraction of sp³-hybridized carbons (Fsp3) is 0.444. The number of amides is 1. The van der Waals surface area contributed by atoms with Gasteiger partial charge in [0.25, 0.3) is 5.91 Å². The molecule has 0 aliphatic carbocycles. The molecule has 0 unspecified atom stereocenters. The maximum Gasteiger partial charge on any atom is 0.253 e. The molecule has 2 rings (SSSR count). The molecule has 0 saturated heterocycles. The number of carbonyl (C=O) groups is 1. The predicted molar refractivity (Wildman–Crippen MR) is 117 cm³/mol. The van der Waals surface area contributed by atoms with E-state index in [-0.39, 0.29) is 29.9 Å². The highest BCUT2D eigenvalue weighted by molar-refractivity contribution is 14.0. The maximum atomic E-state index is 11.9. The van der Waals surface area contributed by atoms with Crippen molar-refractivity contribution in [2.24, 2.45) is 4.99 Å². The molecule has 0 bridgehead atoms. The standard InChI is InChI=1S/C18H27N7O.HI/c1-5-19-18(21-12-16-23-22-13-25(16)6-2)20-11-14-7-9-15(10-8-14)17(26)24(3)4;/h7-10,13H,5-6,11-12H2,1-4H3,(H2,19,20,21);1H. The normalized spacial score (nSPS) is 10.9. The molecule has 2 aromatic rings. The second-order valence-electron chi connectivity index (χ2n) is 5.98. The Morgan fingerprint density at radius 3 is 2.48 bits per heavy atom. The van der Waals surface area contributed by atoms with Crippen molar-refractivity contribution in [2.75, 3.05) is 20.6 Å². The van der Waals surface area contributed by atoms with E-state index in [2.05, 4.69) is 32.7 Å². The smallest absolute Gasteiger partial charge is 0.253 e. The summed E-state index contributed by atoms with van der Waals surface area (Å²) in [4.78, 5) is 18.1. The van der Waals surface area contributed by atoms with Crippen molar-refractivity contribution in [3.8, 4) is 0 Å². The zero-order valence-corrected chi connectivity index (χ0v) is 18.6. The third-order valence-corrected chi connectivity index (χ3v) is 3.82. The molecule has 9 heteroatoms. The topological polar surface area (TPSA) is 87.4 Å². The Morgan fingerprint density at radius 2 is 1.89 bits per heavy atom. The summed E-state index contributed by atoms with van der Waals surface area (Å²) in [7, 11) is 3.49. The number of guanidine groups is 1. The molecule has 0 atom stereocenters. The largest absolute Gasteiger partial charge is 0.357 e. The highest BCUT2D eigenvalue weighted by atomic mass is 127. The van der Waals surface area contributed by atoms with Crippen molar-refractivity contribution >= 4 is 35.8 Å². The van der Waals surface area contributed by atoms with E-state index in [0.29, 0.717) is 24.6 Å². The summed E-state index contributed by atoms with van der Waals surface area (Å²) in [5.74, 6) is 1.58. The number of nitrogens with one attached hydrogen (secondary N) is 2. The minimum Gasteiger partial charge on any atom is -0.357 e. The maximum absolute atomic E-state index is 11.9. The van der Waals surface area contributed by atoms with Crippen LogP contribution in [-0.4, -0.2) is 52.2 Å². The summed E-state index contributed by atoms with van der Waals surface area (Å²) >= 11 is 0. The molecule has 1 aromatic carbocycles. The number of hydrogen-bond donors (Lipinski definition) is 2. The summed E-state index contributed by atoms with van der Waals surface area (Å²) in [5.41, 5.74) is 1.71. The molecule has 0 aliphatic rings. The number of halogens is 1. The Kier molecular flexibility index (Phi) is 9.76. The van der Waals surface area contributed by atoms with Gasteiger partial charge in [-0.3, -0.25) is 4.79 Å². The van der Waals surface area contributed by atoms with Gasteiger partial charge in [0.15, 0.2) is 11.8 Å². The van der Waals surface area contributed by atoms with E-state index >= 15 is 0 Å². The summed E-state index contributed by atoms with van der Waals surface area (Å²) in [6.45, 7) is 6.74. The van der Waals surface area contributed by atoms with Crippen molar-refractivity contribution in [3.63, 3.8) is 0 Å². The van der Waals surface area contributed by atoms with E-state index in [1.807, 2.05) is 35.8 Å². The van der Waals surface area contributed by atoms with Crippen LogP contribution >= 0.6 is 24.0 Å². The number of carbonyl (C=O) groups excluding carboxylic acids is 1. The van der Waals surface area contributed by atoms with Gasteiger partial charge >= 0.3 is 0 Å². The molecule has 0 spiro atoms. The van der Waals surface area contributed by atoms with Gasteiger partial charge in [-0.25, -0.2) is 4.99 Å². The molecule has 0 fully saturated rings. The monoisotopic (exact) mass is 485 g/mol. The minimum absolute atomic E-state index is 0. The lowest BCUT2D eigenvalue weighted by atomic mass is 10.1. The van der Waals surface area contributed by atoms with Crippen LogP contribution in [0.1, 0.15) is 35.6 Å². The third kappa shape index (κ3) is 6.81. The zero-order chi connectivity index (χ0) is 18.9. The number of nitrogens with zero attached hydrogens (tertiary/aromatic N) is 5. The molecule has 1 amide bonds. The molecule has 0 aliphatic heterocycles. The van der Waals surface area contributed by atoms with Crippen LogP contribution in [0.2, 0.25) is 0 Å². The lowest BCUT2D eigenvalue weighted by molar-refractivity contribution is 0.0827. The predicted octanol–water partition coefficient (Wildman–Crippen LogP) is 1.87. The van der Waals surface area contributed by atoms with E-state index in [9.17, 15) is 4.79 Å². The molecular formula is C18H28IN7O. The van der Waals surface area contributed by atoms with Gasteiger partial charge in [-0.1, -0.05) is 12.1 Å². The fourth-order valence-corrected chi connectivity index (χ4v) is 2.37. The van der Waals surface area contributed by atoms with Crippen LogP contribution in [0.25, 0.3) is 0 Å². The van der Waals surface area contributed by atoms with Gasteiger partial charge in [0.2, 0.25) is 0 Å². The lowest BCUT2D eigenvalue weighted by Gasteiger charge is -2.12. The fourth-order valence-electron chi connectivity index (χ4n) is 2.37. The minimum atomic E-state index is -0.00454. The highest BCUT2D eigenvalue weighted by Crippen LogP contribution is 2.07. The third-order valence-electron chi connectivity index (χ3n) is 3.82. The first-order valence-electron chi connectivity index (χ1n) is 8.74. The number of hydrogen-bond acceptors (Lipinski definition) is 4. The van der Waals surface area contributed by atoms with E-state index in [4.69, 9.17) is 0 Å². The van der Waals surface area contributed by atoms with E-state index in [1.54, 1.807) is 25.3 Å². The summed E-state index contributed by atoms with van der Waals surface area (Å²) in [5, 5.41) is 14.5. The number of rotatable bonds is 7. The molecule has 8 nitrogen and oxygen atoms in total. The van der Waals surface area contributed by atoms with Crippen molar-refractivity contribution in [1.82, 2.24) is 30.3 Å². The van der Waals surface area contributed by atoms with E-state index in [1.165, 1.54) is 0 Å². The quantitative estimate of drug-likeness (QED) is 0.355. The average Bonchev–Trinajstić information content (AvgIpc) is 3.11. The van der Waals surface area contributed by atoms with Gasteiger partial charge in [-0.15, -0.1) is 34.2 Å². The Morgan fingerprint density at radius 1 is 1.19 bits per heavy atom. The van der Waals surface area contributed by atoms with Gasteiger partial charge in [0, 0.05) is 32.7 Å². The van der Waals surface area contributed by atoms with E-state index in [0.717, 1.165) is 24.5 Å². The van der Waals surface area contributed by atoms with Crippen LogP contribution in [0.4, 0.5) is 0 Å². The summed E-state index contributed by atoms with van der Waals surface area (Å²) in [6.07, 6.45) is 1.72. The van der Waals surface area contributed by atoms with Crippen molar-refractivity contribution < 1.29 is 4.79 Å². The van der Waals surface area contributed by atoms with Crippen LogP contribution in [0.5, 0.6) is 0 Å². The van der Waals surface area contributed by atoms with Crippen LogP contribution in [-0.2, 0) is 19.6 Å². The van der Waals surface area contributed by atoms with E-state index < -0.39 is 0 Å². The Hall–Kier alpha value is -2.17. The molecule has 1 aromatic heterocycles. The first-order valence-corrected chi connectivity index (χ1v) is 8.74. The zero-order valence-electron chi connectivity index (χ0n) is 16.3. The molecule has 0 radical (unpaired) electrons. The van der Waals surface area contributed by atoms with Crippen molar-refractivity contribution in [1.29, 1.82) is 0 Å². The number of benzene rings is 1. The van der Waals surface area contributed by atoms with Gasteiger partial charge < -0.3 is 20.1 Å². The molecule has 2 N–H and O–H groups in total. The van der Waals surface area contributed by atoms with Crippen molar-refractivity contribution in [3.05, 3.63) is 47.5 Å². The first-order chi connectivity index (χ1) is 12.5. The highest BCUT2D eigenvalue weighted by Gasteiger charge is 2.07. The van der Waals surface area contributed by atoms with Crippen molar-refractivity contribution in [2.45, 2.75) is 33.5 Å². The van der Waals surface area contributed by atoms with Crippen LogP contribution < -0.4 is 10.6 Å². The molecule has 1 heterocycles. The molecular weight excluding hydrogens is 457 g/mol. The Balaban J connectivity index is 0.00000364. The Labute approximate surface area is 177 Å². The van der Waals surface area contributed by atoms with Gasteiger partial charge in [0.1, 0.15) is 6.33 Å². The average molecular weight is 485 g/mol. The van der Waals surface area contributed by atoms with Gasteiger partial charge in [-0.2, -0.15) is 0 Å². The first kappa shape index (κ1) is 22.9.